The number of anilines is 2. The Hall–Kier alpha value is -3.81. The van der Waals surface area contributed by atoms with Gasteiger partial charge in [0.1, 0.15) is 23.6 Å². The number of carbonyl (C=O) groups is 1. The molecule has 1 aromatic carbocycles. The van der Waals surface area contributed by atoms with Crippen LogP contribution >= 0.6 is 11.3 Å². The van der Waals surface area contributed by atoms with E-state index in [1.807, 2.05) is 23.0 Å². The zero-order valence-electron chi connectivity index (χ0n) is 24.4. The van der Waals surface area contributed by atoms with Gasteiger partial charge in [0, 0.05) is 50.1 Å². The first-order valence-corrected chi connectivity index (χ1v) is 15.2. The number of nitrogens with two attached hydrogens (primary N) is 1. The molecule has 6 rings (SSSR count). The summed E-state index contributed by atoms with van der Waals surface area (Å²) >= 11 is 1.59. The summed E-state index contributed by atoms with van der Waals surface area (Å²) in [5.41, 5.74) is 12.7. The van der Waals surface area contributed by atoms with Gasteiger partial charge in [-0.3, -0.25) is 9.69 Å². The van der Waals surface area contributed by atoms with Gasteiger partial charge in [-0.15, -0.1) is 11.3 Å². The summed E-state index contributed by atoms with van der Waals surface area (Å²) in [7, 11) is 3.89. The number of likely N-dealkylation sites (N-methyl/N-ethyl adjacent to an activating group) is 1. The van der Waals surface area contributed by atoms with Crippen molar-refractivity contribution in [2.24, 2.45) is 0 Å². The average molecular weight is 594 g/mol. The minimum absolute atomic E-state index is 0.296. The third-order valence-electron chi connectivity index (χ3n) is 8.00. The van der Waals surface area contributed by atoms with Crippen molar-refractivity contribution in [2.45, 2.75) is 51.2 Å². The van der Waals surface area contributed by atoms with Crippen LogP contribution < -0.4 is 15.8 Å². The van der Waals surface area contributed by atoms with Gasteiger partial charge in [0.05, 0.1) is 42.0 Å². The average Bonchev–Trinajstić information content (AvgIpc) is 3.65. The molecular formula is C29H39N9O3S. The highest BCUT2D eigenvalue weighted by Crippen LogP contribution is 2.39. The molecule has 0 spiro atoms. The van der Waals surface area contributed by atoms with E-state index in [9.17, 15) is 0 Å². The number of benzene rings is 1. The molecule has 0 atom stereocenters. The van der Waals surface area contributed by atoms with Gasteiger partial charge in [-0.05, 0) is 44.9 Å². The maximum Gasteiger partial charge on any atom is 0.300 e. The molecule has 2 aliphatic rings. The molecule has 0 unspecified atom stereocenters. The van der Waals surface area contributed by atoms with E-state index in [1.165, 1.54) is 25.9 Å². The molecule has 3 aromatic heterocycles. The Balaban J connectivity index is 0.000000830. The number of nitrogens with one attached hydrogen (secondary N) is 1. The number of piperazine rings is 1. The Morgan fingerprint density at radius 3 is 2.50 bits per heavy atom. The van der Waals surface area contributed by atoms with E-state index in [2.05, 4.69) is 47.9 Å². The van der Waals surface area contributed by atoms with Gasteiger partial charge in [-0.2, -0.15) is 5.10 Å². The minimum atomic E-state index is -0.833. The molecule has 224 valence electrons. The van der Waals surface area contributed by atoms with E-state index in [0.717, 1.165) is 72.3 Å². The maximum atomic E-state index is 9.00. The van der Waals surface area contributed by atoms with E-state index in [-0.39, 0.29) is 0 Å². The molecule has 0 amide bonds. The summed E-state index contributed by atoms with van der Waals surface area (Å²) in [6, 6.07) is 7.04. The smallest absolute Gasteiger partial charge is 0.300 e. The molecule has 0 radical (unpaired) electrons. The Morgan fingerprint density at radius 2 is 1.83 bits per heavy atom. The molecule has 42 heavy (non-hydrogen) atoms. The van der Waals surface area contributed by atoms with Crippen molar-refractivity contribution >= 4 is 39.8 Å². The first-order valence-electron chi connectivity index (χ1n) is 14.2. The van der Waals surface area contributed by atoms with Gasteiger partial charge in [0.2, 0.25) is 0 Å². The van der Waals surface area contributed by atoms with Crippen molar-refractivity contribution in [3.63, 3.8) is 0 Å². The number of nitrogen functional groups attached to an aromatic ring is 1. The normalized spacial score (nSPS) is 19.7. The summed E-state index contributed by atoms with van der Waals surface area (Å²) < 4.78 is 7.83. The standard InChI is InChI=1S/C27H35N9OS.C2H4O2/c1-34-9-11-35(12-10-34)20-4-6-21(7-5-20)36-27-24(26(28)30-16-31-27)25(33-36)18-3-8-22(23(13-18)37-2)29-14-19-15-38-17-32-19;1-2(3)4/h3,8,13,15-17,20-21,29H,4-7,9-12,14H2,1-2H3,(H2,28,30,31);1H3,(H,3,4)/t20-,21-;. The zero-order valence-corrected chi connectivity index (χ0v) is 25.2. The number of thiazole rings is 1. The number of aromatic nitrogens is 5. The van der Waals surface area contributed by atoms with Crippen LogP contribution in [0.25, 0.3) is 22.3 Å². The van der Waals surface area contributed by atoms with Crippen molar-refractivity contribution in [3.05, 3.63) is 41.1 Å². The SMILES string of the molecule is CC(=O)O.COc1cc(-c2nn([C@H]3CC[C@H](N4CCN(C)CC4)CC3)c3ncnc(N)c23)ccc1NCc1cscn1. The molecule has 1 saturated carbocycles. The van der Waals surface area contributed by atoms with Gasteiger partial charge in [0.25, 0.3) is 5.97 Å². The summed E-state index contributed by atoms with van der Waals surface area (Å²) in [6.07, 6.45) is 6.07. The van der Waals surface area contributed by atoms with Gasteiger partial charge in [-0.25, -0.2) is 19.6 Å². The van der Waals surface area contributed by atoms with Crippen molar-refractivity contribution in [2.75, 3.05) is 51.4 Å². The second kappa shape index (κ2) is 13.4. The van der Waals surface area contributed by atoms with Crippen LogP contribution in [0.3, 0.4) is 0 Å². The molecule has 1 aliphatic heterocycles. The molecule has 1 aliphatic carbocycles. The zero-order chi connectivity index (χ0) is 29.6. The van der Waals surface area contributed by atoms with Crippen molar-refractivity contribution < 1.29 is 14.6 Å². The van der Waals surface area contributed by atoms with Crippen LogP contribution in [0.2, 0.25) is 0 Å². The summed E-state index contributed by atoms with van der Waals surface area (Å²) in [4.78, 5) is 27.4. The number of carboxylic acid groups (broad SMARTS) is 1. The number of ether oxygens (including phenoxy) is 1. The van der Waals surface area contributed by atoms with Crippen LogP contribution in [0.4, 0.5) is 11.5 Å². The van der Waals surface area contributed by atoms with E-state index >= 15 is 0 Å². The second-order valence-electron chi connectivity index (χ2n) is 10.8. The molecule has 4 heterocycles. The van der Waals surface area contributed by atoms with Crippen LogP contribution in [0.1, 0.15) is 44.3 Å². The van der Waals surface area contributed by atoms with E-state index in [1.54, 1.807) is 24.8 Å². The lowest BCUT2D eigenvalue weighted by Gasteiger charge is -2.41. The number of rotatable bonds is 7. The van der Waals surface area contributed by atoms with Crippen LogP contribution in [0, 0.1) is 0 Å². The predicted molar refractivity (Wildman–Crippen MR) is 165 cm³/mol. The van der Waals surface area contributed by atoms with Crippen LogP contribution in [0.15, 0.2) is 35.4 Å². The van der Waals surface area contributed by atoms with Crippen LogP contribution in [0.5, 0.6) is 5.75 Å². The van der Waals surface area contributed by atoms with Crippen molar-refractivity contribution in [3.8, 4) is 17.0 Å². The predicted octanol–water partition coefficient (Wildman–Crippen LogP) is 3.97. The monoisotopic (exact) mass is 593 g/mol. The first kappa shape index (κ1) is 29.7. The van der Waals surface area contributed by atoms with E-state index < -0.39 is 5.97 Å². The lowest BCUT2D eigenvalue weighted by molar-refractivity contribution is -0.134. The highest BCUT2D eigenvalue weighted by Gasteiger charge is 2.30. The third kappa shape index (κ3) is 6.80. The molecule has 0 bridgehead atoms. The van der Waals surface area contributed by atoms with Crippen molar-refractivity contribution in [1.29, 1.82) is 0 Å². The second-order valence-corrected chi connectivity index (χ2v) is 11.5. The molecule has 1 saturated heterocycles. The largest absolute Gasteiger partial charge is 0.495 e. The Bertz CT molecular complexity index is 1470. The molecule has 13 heteroatoms. The Labute approximate surface area is 249 Å². The van der Waals surface area contributed by atoms with Gasteiger partial charge in [-0.1, -0.05) is 6.07 Å². The highest BCUT2D eigenvalue weighted by atomic mass is 32.1. The number of nitrogens with zero attached hydrogens (tertiary/aromatic N) is 7. The minimum Gasteiger partial charge on any atom is -0.495 e. The Kier molecular flexibility index (Phi) is 9.50. The number of methoxy groups -OCH3 is 1. The Morgan fingerprint density at radius 1 is 1.12 bits per heavy atom. The fourth-order valence-corrected chi connectivity index (χ4v) is 6.36. The van der Waals surface area contributed by atoms with E-state index in [0.29, 0.717) is 24.4 Å². The summed E-state index contributed by atoms with van der Waals surface area (Å²) in [5.74, 6) is 0.357. The number of fused-ring (bicyclic) bond motifs is 1. The molecule has 12 nitrogen and oxygen atoms in total. The highest BCUT2D eigenvalue weighted by molar-refractivity contribution is 7.07. The quantitative estimate of drug-likeness (QED) is 0.286. The fraction of sp³-hybridized carbons (Fsp3) is 0.483. The fourth-order valence-electron chi connectivity index (χ4n) is 5.80. The number of aliphatic carboxylic acids is 1. The summed E-state index contributed by atoms with van der Waals surface area (Å²) in [6.45, 7) is 6.37. The topological polar surface area (TPSA) is 148 Å². The molecule has 4 aromatic rings. The lowest BCUT2D eigenvalue weighted by atomic mass is 9.90. The first-order chi connectivity index (χ1) is 20.3. The van der Waals surface area contributed by atoms with Crippen LogP contribution in [-0.2, 0) is 11.3 Å². The third-order valence-corrected chi connectivity index (χ3v) is 8.64. The van der Waals surface area contributed by atoms with Gasteiger partial charge >= 0.3 is 0 Å². The number of hydrogen-bond donors (Lipinski definition) is 3. The van der Waals surface area contributed by atoms with Crippen LogP contribution in [-0.4, -0.2) is 92.0 Å². The maximum absolute atomic E-state index is 9.00. The van der Waals surface area contributed by atoms with Gasteiger partial charge < -0.3 is 25.8 Å². The number of carboxylic acids is 1. The summed E-state index contributed by atoms with van der Waals surface area (Å²) in [5, 5.41) is 18.8. The number of hydrogen-bond acceptors (Lipinski definition) is 11. The molecular weight excluding hydrogens is 554 g/mol. The van der Waals surface area contributed by atoms with Gasteiger partial charge in [0.15, 0.2) is 5.65 Å². The lowest BCUT2D eigenvalue weighted by Crippen LogP contribution is -2.49. The molecule has 2 fully saturated rings. The van der Waals surface area contributed by atoms with E-state index in [4.69, 9.17) is 25.5 Å². The van der Waals surface area contributed by atoms with Crippen molar-refractivity contribution in [1.82, 2.24) is 34.5 Å². The molecule has 4 N–H and O–H groups in total.